The zero-order chi connectivity index (χ0) is 49.4. The minimum absolute atomic E-state index is 0.0182. The number of alkyl halides is 3. The normalized spacial score (nSPS) is 16.5. The van der Waals surface area contributed by atoms with Gasteiger partial charge in [-0.3, -0.25) is 49.0 Å². The van der Waals surface area contributed by atoms with Gasteiger partial charge >= 0.3 is 6.18 Å². The van der Waals surface area contributed by atoms with Crippen LogP contribution in [0.15, 0.2) is 73.1 Å². The second-order valence-corrected chi connectivity index (χ2v) is 18.1. The number of rotatable bonds is 17. The summed E-state index contributed by atoms with van der Waals surface area (Å²) in [5, 5.41) is 15.2. The van der Waals surface area contributed by atoms with E-state index in [2.05, 4.69) is 47.9 Å². The summed E-state index contributed by atoms with van der Waals surface area (Å²) in [7, 11) is 0. The number of aryl methyl sites for hydroxylation is 1. The topological polar surface area (TPSA) is 190 Å². The molecule has 1 unspecified atom stereocenters. The van der Waals surface area contributed by atoms with E-state index in [9.17, 15) is 41.9 Å². The van der Waals surface area contributed by atoms with Crippen molar-refractivity contribution in [3.63, 3.8) is 0 Å². The number of carbonyl (C=O) groups excluding carboxylic acids is 6. The predicted molar refractivity (Wildman–Crippen MR) is 255 cm³/mol. The van der Waals surface area contributed by atoms with Crippen molar-refractivity contribution in [1.29, 1.82) is 0 Å². The lowest BCUT2D eigenvalue weighted by atomic mass is 10.0. The fourth-order valence-electron chi connectivity index (χ4n) is 9.13. The number of nitrogens with one attached hydrogen (secondary N) is 4. The standard InChI is InChI=1S/C52H54F3N9O6/c1-33-14-16-36(28-35(33)17-15-34-27-38-31-57-61-47(38)56-30-34)48(67)58-39-19-18-37(41(29-39)52(53,54)55)32-63-25-23-62(24-26-63)22-9-7-5-3-2-4-6-8-13-44(65)59-42-12-10-11-40-46(42)51(70)64(50(40)69)43-20-21-45(66)60-49(43)68/h10-12,14,16,18-19,27-31,43H,2-9,13,20-26,32H2,1H3,(H,58,67)(H,59,65)(H,56,57,61)(H,60,66,68). The molecule has 2 aromatic heterocycles. The monoisotopic (exact) mass is 957 g/mol. The van der Waals surface area contributed by atoms with Crippen LogP contribution < -0.4 is 16.0 Å². The molecule has 2 saturated heterocycles. The number of benzene rings is 3. The van der Waals surface area contributed by atoms with Crippen LogP contribution in [0, 0.1) is 18.8 Å². The van der Waals surface area contributed by atoms with Crippen molar-refractivity contribution in [2.45, 2.75) is 96.3 Å². The molecule has 4 N–H and O–H groups in total. The number of fused-ring (bicyclic) bond motifs is 2. The van der Waals surface area contributed by atoms with Gasteiger partial charge in [0.15, 0.2) is 5.65 Å². The molecule has 5 aromatic rings. The summed E-state index contributed by atoms with van der Waals surface area (Å²) in [6.07, 6.45) is 6.81. The van der Waals surface area contributed by atoms with E-state index >= 15 is 0 Å². The maximum absolute atomic E-state index is 14.4. The fraction of sp³-hybridized carbons (Fsp3) is 0.385. The molecule has 15 nitrogen and oxygen atoms in total. The lowest BCUT2D eigenvalue weighted by Gasteiger charge is -2.35. The van der Waals surface area contributed by atoms with Gasteiger partial charge in [0.1, 0.15) is 6.04 Å². The van der Waals surface area contributed by atoms with Gasteiger partial charge in [-0.05, 0) is 86.3 Å². The lowest BCUT2D eigenvalue weighted by Crippen LogP contribution is -2.54. The van der Waals surface area contributed by atoms with E-state index in [0.717, 1.165) is 86.5 Å². The number of carbonyl (C=O) groups is 6. The van der Waals surface area contributed by atoms with Gasteiger partial charge in [0.2, 0.25) is 17.7 Å². The Balaban J connectivity index is 0.706. The van der Waals surface area contributed by atoms with Crippen LogP contribution in [0.2, 0.25) is 0 Å². The van der Waals surface area contributed by atoms with E-state index in [4.69, 9.17) is 0 Å². The van der Waals surface area contributed by atoms with Gasteiger partial charge in [-0.25, -0.2) is 4.98 Å². The molecule has 8 rings (SSSR count). The Bertz CT molecular complexity index is 2880. The molecule has 0 spiro atoms. The largest absolute Gasteiger partial charge is 0.416 e. The van der Waals surface area contributed by atoms with E-state index in [1.807, 2.05) is 17.9 Å². The molecule has 1 atom stereocenters. The molecule has 0 aliphatic carbocycles. The second-order valence-electron chi connectivity index (χ2n) is 18.1. The minimum atomic E-state index is -4.61. The van der Waals surface area contributed by atoms with Gasteiger partial charge in [-0.1, -0.05) is 68.6 Å². The van der Waals surface area contributed by atoms with Crippen LogP contribution in [0.4, 0.5) is 24.5 Å². The molecule has 3 aliphatic rings. The van der Waals surface area contributed by atoms with E-state index in [-0.39, 0.29) is 65.3 Å². The zero-order valence-electron chi connectivity index (χ0n) is 38.8. The Morgan fingerprint density at radius 2 is 1.56 bits per heavy atom. The Morgan fingerprint density at radius 3 is 2.31 bits per heavy atom. The molecule has 2 fully saturated rings. The highest BCUT2D eigenvalue weighted by atomic mass is 19.4. The van der Waals surface area contributed by atoms with Gasteiger partial charge in [-0.2, -0.15) is 18.3 Å². The molecular formula is C52H54F3N9O6. The lowest BCUT2D eigenvalue weighted by molar-refractivity contribution is -0.138. The number of aromatic amines is 1. The number of piperazine rings is 1. The Hall–Kier alpha value is -7.23. The van der Waals surface area contributed by atoms with Crippen LogP contribution in [-0.4, -0.2) is 104 Å². The highest BCUT2D eigenvalue weighted by molar-refractivity contribution is 6.26. The summed E-state index contributed by atoms with van der Waals surface area (Å²) in [6.45, 7) is 5.78. The summed E-state index contributed by atoms with van der Waals surface area (Å²) >= 11 is 0. The summed E-state index contributed by atoms with van der Waals surface area (Å²) in [5.41, 5.74) is 2.85. The van der Waals surface area contributed by atoms with Crippen LogP contribution in [0.25, 0.3) is 11.0 Å². The number of hydrogen-bond donors (Lipinski definition) is 4. The Morgan fingerprint density at radius 1 is 0.814 bits per heavy atom. The number of hydrogen-bond acceptors (Lipinski definition) is 10. The van der Waals surface area contributed by atoms with Crippen LogP contribution in [0.5, 0.6) is 0 Å². The molecule has 0 bridgehead atoms. The Kier molecular flexibility index (Phi) is 15.5. The predicted octanol–water partition coefficient (Wildman–Crippen LogP) is 7.61. The van der Waals surface area contributed by atoms with Gasteiger partial charge < -0.3 is 15.5 Å². The van der Waals surface area contributed by atoms with E-state index < -0.39 is 47.3 Å². The summed E-state index contributed by atoms with van der Waals surface area (Å²) in [4.78, 5) is 86.0. The molecule has 18 heteroatoms. The number of piperidine rings is 1. The third-order valence-electron chi connectivity index (χ3n) is 13.0. The van der Waals surface area contributed by atoms with Crippen molar-refractivity contribution < 1.29 is 41.9 Å². The first-order chi connectivity index (χ1) is 33.7. The van der Waals surface area contributed by atoms with Crippen LogP contribution in [0.3, 0.4) is 0 Å². The highest BCUT2D eigenvalue weighted by Gasteiger charge is 2.46. The number of nitrogens with zero attached hydrogens (tertiary/aromatic N) is 5. The SMILES string of the molecule is Cc1ccc(C(=O)Nc2ccc(CN3CCN(CCCCCCCCCCC(=O)Nc4cccc5c4C(=O)N(C4CCC(=O)NC4=O)C5=O)CC3)c(C(F)(F)F)c2)cc1C#Cc1cnc2[nH]ncc2c1. The number of unbranched alkanes of at least 4 members (excludes halogenated alkanes) is 7. The van der Waals surface area contributed by atoms with Gasteiger partial charge in [0, 0.05) is 79.5 Å². The first-order valence-corrected chi connectivity index (χ1v) is 23.7. The molecule has 0 radical (unpaired) electrons. The number of imide groups is 2. The molecule has 0 saturated carbocycles. The first kappa shape index (κ1) is 49.2. The summed E-state index contributed by atoms with van der Waals surface area (Å²) in [5.74, 6) is 2.88. The van der Waals surface area contributed by atoms with E-state index in [0.29, 0.717) is 36.3 Å². The maximum Gasteiger partial charge on any atom is 0.416 e. The number of H-pyrrole nitrogens is 1. The van der Waals surface area contributed by atoms with Gasteiger partial charge in [-0.15, -0.1) is 0 Å². The van der Waals surface area contributed by atoms with Crippen molar-refractivity contribution in [2.75, 3.05) is 43.4 Å². The van der Waals surface area contributed by atoms with Crippen molar-refractivity contribution in [1.82, 2.24) is 35.2 Å². The minimum Gasteiger partial charge on any atom is -0.325 e. The molecule has 3 aromatic carbocycles. The molecule has 3 aliphatic heterocycles. The zero-order valence-corrected chi connectivity index (χ0v) is 38.8. The van der Waals surface area contributed by atoms with Crippen molar-refractivity contribution in [3.8, 4) is 11.8 Å². The summed E-state index contributed by atoms with van der Waals surface area (Å²) in [6, 6.07) is 14.3. The summed E-state index contributed by atoms with van der Waals surface area (Å²) < 4.78 is 43.2. The van der Waals surface area contributed by atoms with Crippen molar-refractivity contribution >= 4 is 57.9 Å². The second kappa shape index (κ2) is 22.0. The van der Waals surface area contributed by atoms with Crippen molar-refractivity contribution in [3.05, 3.63) is 118 Å². The quantitative estimate of drug-likeness (QED) is 0.0410. The number of halogens is 3. The number of amides is 6. The van der Waals surface area contributed by atoms with Crippen LogP contribution in [-0.2, 0) is 27.1 Å². The van der Waals surface area contributed by atoms with Crippen LogP contribution in [0.1, 0.15) is 130 Å². The molecule has 5 heterocycles. The highest BCUT2D eigenvalue weighted by Crippen LogP contribution is 2.36. The molecule has 6 amide bonds. The van der Waals surface area contributed by atoms with Gasteiger partial charge in [0.25, 0.3) is 17.7 Å². The Labute approximate surface area is 402 Å². The van der Waals surface area contributed by atoms with Crippen LogP contribution >= 0.6 is 0 Å². The third-order valence-corrected chi connectivity index (χ3v) is 13.0. The fourth-order valence-corrected chi connectivity index (χ4v) is 9.13. The average Bonchev–Trinajstić information content (AvgIpc) is 3.91. The smallest absolute Gasteiger partial charge is 0.325 e. The number of anilines is 2. The van der Waals surface area contributed by atoms with Gasteiger partial charge in [0.05, 0.1) is 28.6 Å². The van der Waals surface area contributed by atoms with E-state index in [1.54, 1.807) is 42.7 Å². The number of aromatic nitrogens is 3. The van der Waals surface area contributed by atoms with E-state index in [1.165, 1.54) is 18.2 Å². The molecular weight excluding hydrogens is 904 g/mol. The third kappa shape index (κ3) is 12.0. The van der Waals surface area contributed by atoms with Crippen molar-refractivity contribution in [2.24, 2.45) is 0 Å². The maximum atomic E-state index is 14.4. The molecule has 364 valence electrons. The molecule has 70 heavy (non-hydrogen) atoms. The first-order valence-electron chi connectivity index (χ1n) is 23.7. The number of pyridine rings is 1. The average molecular weight is 958 g/mol.